The molecule has 1 aliphatic rings. The van der Waals surface area contributed by atoms with E-state index in [1.807, 2.05) is 0 Å². The molecule has 76 valence electrons. The van der Waals surface area contributed by atoms with Crippen LogP contribution in [0.3, 0.4) is 0 Å². The molecule has 1 fully saturated rings. The Labute approximate surface area is 76.8 Å². The minimum absolute atomic E-state index is 0.105. The number of carboxylic acid groups (broad SMARTS) is 1. The average Bonchev–Trinajstić information content (AvgIpc) is 2.32. The summed E-state index contributed by atoms with van der Waals surface area (Å²) in [5, 5.41) is 8.58. The van der Waals surface area contributed by atoms with Gasteiger partial charge < -0.3 is 20.3 Å². The summed E-state index contributed by atoms with van der Waals surface area (Å²) in [6.45, 7) is 2.25. The van der Waals surface area contributed by atoms with E-state index < -0.39 is 12.0 Å². The number of carboxylic acids is 1. The summed E-state index contributed by atoms with van der Waals surface area (Å²) in [6, 6.07) is -0.810. The number of aliphatic carboxylic acids is 1. The van der Waals surface area contributed by atoms with Gasteiger partial charge in [-0.25, -0.2) is 0 Å². The van der Waals surface area contributed by atoms with Gasteiger partial charge in [0.25, 0.3) is 0 Å². The third kappa shape index (κ3) is 3.71. The van der Waals surface area contributed by atoms with Gasteiger partial charge in [-0.1, -0.05) is 0 Å². The molecule has 0 aromatic carbocycles. The van der Waals surface area contributed by atoms with Gasteiger partial charge in [-0.3, -0.25) is 4.79 Å². The van der Waals surface area contributed by atoms with Crippen LogP contribution in [0.1, 0.15) is 6.42 Å². The van der Waals surface area contributed by atoms with Gasteiger partial charge in [-0.05, 0) is 6.42 Å². The minimum atomic E-state index is -0.968. The van der Waals surface area contributed by atoms with E-state index in [0.29, 0.717) is 32.8 Å². The fraction of sp³-hybridized carbons (Fsp3) is 0.875. The highest BCUT2D eigenvalue weighted by Gasteiger charge is 2.20. The second kappa shape index (κ2) is 5.16. The molecular weight excluding hydrogens is 174 g/mol. The van der Waals surface area contributed by atoms with Crippen molar-refractivity contribution < 1.29 is 19.4 Å². The normalized spacial score (nSPS) is 22.2. The van der Waals surface area contributed by atoms with Crippen LogP contribution < -0.4 is 5.73 Å². The molecule has 0 amide bonds. The summed E-state index contributed by atoms with van der Waals surface area (Å²) >= 11 is 0. The fourth-order valence-corrected chi connectivity index (χ4v) is 1.26. The van der Waals surface area contributed by atoms with Gasteiger partial charge in [0.05, 0.1) is 26.4 Å². The van der Waals surface area contributed by atoms with Crippen LogP contribution in [0.5, 0.6) is 0 Å². The highest BCUT2D eigenvalue weighted by atomic mass is 16.5. The third-order valence-electron chi connectivity index (χ3n) is 1.98. The maximum Gasteiger partial charge on any atom is 0.320 e. The van der Waals surface area contributed by atoms with Crippen molar-refractivity contribution in [3.63, 3.8) is 0 Å². The van der Waals surface area contributed by atoms with Gasteiger partial charge in [0.2, 0.25) is 0 Å². The number of hydrogen-bond donors (Lipinski definition) is 2. The SMILES string of the molecule is NC(CC1COCCOC1)C(=O)O. The zero-order chi connectivity index (χ0) is 9.68. The largest absolute Gasteiger partial charge is 0.480 e. The third-order valence-corrected chi connectivity index (χ3v) is 1.98. The van der Waals surface area contributed by atoms with Crippen molar-refractivity contribution in [3.8, 4) is 0 Å². The first-order chi connectivity index (χ1) is 6.20. The van der Waals surface area contributed by atoms with Gasteiger partial charge in [-0.15, -0.1) is 0 Å². The van der Waals surface area contributed by atoms with Crippen molar-refractivity contribution in [2.75, 3.05) is 26.4 Å². The van der Waals surface area contributed by atoms with Crippen molar-refractivity contribution >= 4 is 5.97 Å². The molecule has 5 heteroatoms. The molecular formula is C8H15NO4. The van der Waals surface area contributed by atoms with Crippen LogP contribution in [0.2, 0.25) is 0 Å². The monoisotopic (exact) mass is 189 g/mol. The zero-order valence-electron chi connectivity index (χ0n) is 7.44. The molecule has 5 nitrogen and oxygen atoms in total. The summed E-state index contributed by atoms with van der Waals surface area (Å²) in [4.78, 5) is 10.5. The Bertz CT molecular complexity index is 166. The second-order valence-corrected chi connectivity index (χ2v) is 3.20. The molecule has 0 bridgehead atoms. The first-order valence-corrected chi connectivity index (χ1v) is 4.34. The van der Waals surface area contributed by atoms with Crippen LogP contribution in [0.15, 0.2) is 0 Å². The van der Waals surface area contributed by atoms with Crippen molar-refractivity contribution in [1.29, 1.82) is 0 Å². The van der Waals surface area contributed by atoms with Crippen LogP contribution >= 0.6 is 0 Å². The number of ether oxygens (including phenoxy) is 2. The Morgan fingerprint density at radius 2 is 2.00 bits per heavy atom. The fourth-order valence-electron chi connectivity index (χ4n) is 1.26. The van der Waals surface area contributed by atoms with Crippen LogP contribution in [0, 0.1) is 5.92 Å². The molecule has 1 atom stereocenters. The lowest BCUT2D eigenvalue weighted by Gasteiger charge is -2.15. The molecule has 1 unspecified atom stereocenters. The Morgan fingerprint density at radius 3 is 2.46 bits per heavy atom. The van der Waals surface area contributed by atoms with Gasteiger partial charge in [0.15, 0.2) is 0 Å². The van der Waals surface area contributed by atoms with Crippen LogP contribution in [0.25, 0.3) is 0 Å². The molecule has 1 saturated heterocycles. The number of carbonyl (C=O) groups is 1. The predicted octanol–water partition coefficient (Wildman–Crippen LogP) is -0.549. The Balaban J connectivity index is 2.29. The lowest BCUT2D eigenvalue weighted by Crippen LogP contribution is -2.34. The molecule has 13 heavy (non-hydrogen) atoms. The lowest BCUT2D eigenvalue weighted by atomic mass is 10.0. The maximum atomic E-state index is 10.5. The van der Waals surface area contributed by atoms with Crippen LogP contribution in [-0.2, 0) is 14.3 Å². The highest BCUT2D eigenvalue weighted by Crippen LogP contribution is 2.10. The Morgan fingerprint density at radius 1 is 1.46 bits per heavy atom. The van der Waals surface area contributed by atoms with E-state index in [9.17, 15) is 4.79 Å². The molecule has 0 saturated carbocycles. The number of hydrogen-bond acceptors (Lipinski definition) is 4. The lowest BCUT2D eigenvalue weighted by molar-refractivity contribution is -0.139. The standard InChI is InChI=1S/C8H15NO4/c9-7(8(10)11)3-6-4-12-1-2-13-5-6/h6-7H,1-5,9H2,(H,10,11). The van der Waals surface area contributed by atoms with Crippen molar-refractivity contribution in [3.05, 3.63) is 0 Å². The van der Waals surface area contributed by atoms with E-state index >= 15 is 0 Å². The molecule has 0 aliphatic carbocycles. The maximum absolute atomic E-state index is 10.5. The van der Waals surface area contributed by atoms with Gasteiger partial charge in [0.1, 0.15) is 6.04 Å². The van der Waals surface area contributed by atoms with Gasteiger partial charge >= 0.3 is 5.97 Å². The van der Waals surface area contributed by atoms with E-state index in [4.69, 9.17) is 20.3 Å². The van der Waals surface area contributed by atoms with E-state index in [2.05, 4.69) is 0 Å². The summed E-state index contributed by atoms with van der Waals surface area (Å²) in [7, 11) is 0. The van der Waals surface area contributed by atoms with E-state index in [0.717, 1.165) is 0 Å². The first kappa shape index (κ1) is 10.4. The number of rotatable bonds is 3. The average molecular weight is 189 g/mol. The van der Waals surface area contributed by atoms with E-state index in [1.165, 1.54) is 0 Å². The summed E-state index contributed by atoms with van der Waals surface area (Å²) in [5.74, 6) is -0.863. The molecule has 0 aromatic heterocycles. The van der Waals surface area contributed by atoms with Crippen molar-refractivity contribution in [2.24, 2.45) is 11.7 Å². The van der Waals surface area contributed by atoms with Crippen molar-refractivity contribution in [2.45, 2.75) is 12.5 Å². The van der Waals surface area contributed by atoms with E-state index in [-0.39, 0.29) is 5.92 Å². The first-order valence-electron chi connectivity index (χ1n) is 4.34. The molecule has 1 aliphatic heterocycles. The molecule has 1 rings (SSSR count). The quantitative estimate of drug-likeness (QED) is 0.622. The van der Waals surface area contributed by atoms with Gasteiger partial charge in [-0.2, -0.15) is 0 Å². The number of nitrogens with two attached hydrogens (primary N) is 1. The summed E-state index contributed by atoms with van der Waals surface area (Å²) in [5.41, 5.74) is 5.39. The minimum Gasteiger partial charge on any atom is -0.480 e. The van der Waals surface area contributed by atoms with Gasteiger partial charge in [0, 0.05) is 5.92 Å². The predicted molar refractivity (Wildman–Crippen MR) is 45.4 cm³/mol. The van der Waals surface area contributed by atoms with Crippen LogP contribution in [-0.4, -0.2) is 43.5 Å². The van der Waals surface area contributed by atoms with Crippen molar-refractivity contribution in [1.82, 2.24) is 0 Å². The van der Waals surface area contributed by atoms with E-state index in [1.54, 1.807) is 0 Å². The zero-order valence-corrected chi connectivity index (χ0v) is 7.44. The second-order valence-electron chi connectivity index (χ2n) is 3.20. The molecule has 3 N–H and O–H groups in total. The highest BCUT2D eigenvalue weighted by molar-refractivity contribution is 5.73. The Kier molecular flexibility index (Phi) is 4.14. The summed E-state index contributed by atoms with van der Waals surface area (Å²) < 4.78 is 10.4. The Hall–Kier alpha value is -0.650. The molecule has 0 spiro atoms. The molecule has 0 radical (unpaired) electrons. The smallest absolute Gasteiger partial charge is 0.320 e. The topological polar surface area (TPSA) is 81.8 Å². The molecule has 1 heterocycles. The van der Waals surface area contributed by atoms with Crippen LogP contribution in [0.4, 0.5) is 0 Å². The summed E-state index contributed by atoms with van der Waals surface area (Å²) in [6.07, 6.45) is 0.412. The molecule has 0 aromatic rings.